The minimum absolute atomic E-state index is 0.125. The topological polar surface area (TPSA) is 61.3 Å². The molecule has 2 aromatic rings. The third kappa shape index (κ3) is 2.65. The molecule has 0 spiro atoms. The van der Waals surface area contributed by atoms with Gasteiger partial charge in [0, 0.05) is 6.42 Å². The van der Waals surface area contributed by atoms with Gasteiger partial charge < -0.3 is 9.47 Å². The number of carbonyl (C=O) groups excluding carboxylic acids is 1. The first-order chi connectivity index (χ1) is 8.74. The molecule has 6 heteroatoms. The van der Waals surface area contributed by atoms with E-state index in [1.54, 1.807) is 11.3 Å². The van der Waals surface area contributed by atoms with E-state index < -0.39 is 0 Å². The number of hydrogen-bond donors (Lipinski definition) is 0. The molecule has 0 radical (unpaired) electrons. The molecule has 2 rings (SSSR count). The molecule has 2 heterocycles. The van der Waals surface area contributed by atoms with Crippen LogP contribution in [0.2, 0.25) is 0 Å². The van der Waals surface area contributed by atoms with Crippen molar-refractivity contribution < 1.29 is 14.3 Å². The number of thiophene rings is 1. The predicted molar refractivity (Wildman–Crippen MR) is 67.5 cm³/mol. The number of aromatic nitrogens is 2. The van der Waals surface area contributed by atoms with Crippen LogP contribution < -0.4 is 9.47 Å². The summed E-state index contributed by atoms with van der Waals surface area (Å²) in [5, 5.41) is 3.86. The Labute approximate surface area is 108 Å². The van der Waals surface area contributed by atoms with Gasteiger partial charge in [0.05, 0.1) is 20.4 Å². The van der Waals surface area contributed by atoms with Crippen molar-refractivity contribution in [1.29, 1.82) is 0 Å². The van der Waals surface area contributed by atoms with Gasteiger partial charge in [0.15, 0.2) is 11.5 Å². The fraction of sp³-hybridized carbons (Fsp3) is 0.250. The summed E-state index contributed by atoms with van der Waals surface area (Å²) < 4.78 is 9.99. The number of carbonyl (C=O) groups is 1. The molecule has 18 heavy (non-hydrogen) atoms. The highest BCUT2D eigenvalue weighted by molar-refractivity contribution is 7.08. The van der Waals surface area contributed by atoms with Crippen molar-refractivity contribution in [3.63, 3.8) is 0 Å². The maximum atomic E-state index is 12.1. The normalized spacial score (nSPS) is 10.1. The molecule has 0 N–H and O–H groups in total. The van der Waals surface area contributed by atoms with Crippen LogP contribution in [-0.2, 0) is 6.42 Å². The van der Waals surface area contributed by atoms with Gasteiger partial charge >= 0.3 is 0 Å². The first-order valence-electron chi connectivity index (χ1n) is 5.24. The lowest BCUT2D eigenvalue weighted by atomic mass is 10.1. The van der Waals surface area contributed by atoms with Crippen molar-refractivity contribution in [2.75, 3.05) is 14.2 Å². The number of ketones is 1. The van der Waals surface area contributed by atoms with Gasteiger partial charge in [-0.15, -0.1) is 0 Å². The van der Waals surface area contributed by atoms with E-state index >= 15 is 0 Å². The van der Waals surface area contributed by atoms with Crippen molar-refractivity contribution in [2.45, 2.75) is 6.42 Å². The second-order valence-corrected chi connectivity index (χ2v) is 4.28. The Kier molecular flexibility index (Phi) is 3.88. The number of methoxy groups -OCH3 is 2. The van der Waals surface area contributed by atoms with Crippen LogP contribution in [0, 0.1) is 0 Å². The molecule has 2 aromatic heterocycles. The van der Waals surface area contributed by atoms with Crippen molar-refractivity contribution in [3.05, 3.63) is 34.3 Å². The SMILES string of the molecule is COc1cnc(C(=O)Cc2ccsc2)c(OC)n1. The van der Waals surface area contributed by atoms with E-state index in [1.165, 1.54) is 20.4 Å². The van der Waals surface area contributed by atoms with Crippen LogP contribution in [0.1, 0.15) is 16.1 Å². The average Bonchev–Trinajstić information content (AvgIpc) is 2.90. The van der Waals surface area contributed by atoms with Gasteiger partial charge in [-0.1, -0.05) is 0 Å². The number of rotatable bonds is 5. The Balaban J connectivity index is 2.24. The Morgan fingerprint density at radius 3 is 2.83 bits per heavy atom. The summed E-state index contributed by atoms with van der Waals surface area (Å²) in [4.78, 5) is 20.1. The summed E-state index contributed by atoms with van der Waals surface area (Å²) in [6, 6.07) is 1.91. The molecular formula is C12H12N2O3S. The van der Waals surface area contributed by atoms with E-state index in [9.17, 15) is 4.79 Å². The lowest BCUT2D eigenvalue weighted by molar-refractivity contribution is 0.0984. The minimum Gasteiger partial charge on any atom is -0.480 e. The quantitative estimate of drug-likeness (QED) is 0.773. The van der Waals surface area contributed by atoms with Crippen molar-refractivity contribution in [3.8, 4) is 11.8 Å². The monoisotopic (exact) mass is 264 g/mol. The number of hydrogen-bond acceptors (Lipinski definition) is 6. The molecule has 0 aliphatic carbocycles. The zero-order valence-corrected chi connectivity index (χ0v) is 10.9. The average molecular weight is 264 g/mol. The molecule has 0 bridgehead atoms. The lowest BCUT2D eigenvalue weighted by Crippen LogP contribution is -2.09. The fourth-order valence-corrected chi connectivity index (χ4v) is 2.12. The number of nitrogens with zero attached hydrogens (tertiary/aromatic N) is 2. The molecule has 0 atom stereocenters. The van der Waals surface area contributed by atoms with E-state index in [-0.39, 0.29) is 17.4 Å². The summed E-state index contributed by atoms with van der Waals surface area (Å²) >= 11 is 1.55. The van der Waals surface area contributed by atoms with Crippen molar-refractivity contribution in [1.82, 2.24) is 9.97 Å². The number of ether oxygens (including phenoxy) is 2. The van der Waals surface area contributed by atoms with E-state index in [0.717, 1.165) is 5.56 Å². The first kappa shape index (κ1) is 12.5. The van der Waals surface area contributed by atoms with Gasteiger partial charge in [-0.05, 0) is 22.4 Å². The number of Topliss-reactive ketones (excluding diaryl/α,β-unsaturated/α-hetero) is 1. The Bertz CT molecular complexity index is 540. The second-order valence-electron chi connectivity index (χ2n) is 3.50. The third-order valence-electron chi connectivity index (χ3n) is 2.33. The van der Waals surface area contributed by atoms with E-state index in [1.807, 2.05) is 16.8 Å². The van der Waals surface area contributed by atoms with Gasteiger partial charge in [0.25, 0.3) is 0 Å². The fourth-order valence-electron chi connectivity index (χ4n) is 1.45. The molecule has 0 saturated heterocycles. The Morgan fingerprint density at radius 2 is 2.22 bits per heavy atom. The predicted octanol–water partition coefficient (Wildman–Crippen LogP) is 1.98. The lowest BCUT2D eigenvalue weighted by Gasteiger charge is -2.06. The van der Waals surface area contributed by atoms with E-state index in [2.05, 4.69) is 9.97 Å². The highest BCUT2D eigenvalue weighted by Crippen LogP contribution is 2.19. The van der Waals surface area contributed by atoms with Gasteiger partial charge in [-0.3, -0.25) is 4.79 Å². The molecule has 0 amide bonds. The molecular weight excluding hydrogens is 252 g/mol. The zero-order valence-electron chi connectivity index (χ0n) is 10.0. The molecule has 94 valence electrons. The summed E-state index contributed by atoms with van der Waals surface area (Å²) in [7, 11) is 2.93. The first-order valence-corrected chi connectivity index (χ1v) is 6.18. The smallest absolute Gasteiger partial charge is 0.246 e. The van der Waals surface area contributed by atoms with E-state index in [4.69, 9.17) is 9.47 Å². The molecule has 0 unspecified atom stereocenters. The summed E-state index contributed by atoms with van der Waals surface area (Å²) in [6.07, 6.45) is 1.70. The largest absolute Gasteiger partial charge is 0.480 e. The standard InChI is InChI=1S/C12H12N2O3S/c1-16-10-6-13-11(12(14-10)17-2)9(15)5-8-3-4-18-7-8/h3-4,6-7H,5H2,1-2H3. The minimum atomic E-state index is -0.125. The highest BCUT2D eigenvalue weighted by Gasteiger charge is 2.17. The summed E-state index contributed by atoms with van der Waals surface area (Å²) in [6.45, 7) is 0. The Hall–Kier alpha value is -1.95. The molecule has 0 saturated carbocycles. The van der Waals surface area contributed by atoms with Crippen LogP contribution in [0.25, 0.3) is 0 Å². The molecule has 0 aromatic carbocycles. The van der Waals surface area contributed by atoms with Gasteiger partial charge in [0.1, 0.15) is 0 Å². The second kappa shape index (κ2) is 5.59. The van der Waals surface area contributed by atoms with Crippen LogP contribution in [0.5, 0.6) is 11.8 Å². The van der Waals surface area contributed by atoms with E-state index in [0.29, 0.717) is 12.3 Å². The van der Waals surface area contributed by atoms with Gasteiger partial charge in [-0.2, -0.15) is 16.3 Å². The third-order valence-corrected chi connectivity index (χ3v) is 3.06. The van der Waals surface area contributed by atoms with Crippen LogP contribution in [0.15, 0.2) is 23.0 Å². The molecule has 5 nitrogen and oxygen atoms in total. The van der Waals surface area contributed by atoms with Crippen LogP contribution >= 0.6 is 11.3 Å². The van der Waals surface area contributed by atoms with Crippen LogP contribution in [-0.4, -0.2) is 30.0 Å². The summed E-state index contributed by atoms with van der Waals surface area (Å²) in [5.41, 5.74) is 1.19. The highest BCUT2D eigenvalue weighted by atomic mass is 32.1. The van der Waals surface area contributed by atoms with Crippen molar-refractivity contribution in [2.24, 2.45) is 0 Å². The van der Waals surface area contributed by atoms with Crippen molar-refractivity contribution >= 4 is 17.1 Å². The molecule has 0 aliphatic rings. The van der Waals surface area contributed by atoms with Gasteiger partial charge in [0.2, 0.25) is 11.8 Å². The zero-order chi connectivity index (χ0) is 13.0. The molecule has 0 aliphatic heterocycles. The van der Waals surface area contributed by atoms with Gasteiger partial charge in [-0.25, -0.2) is 4.98 Å². The van der Waals surface area contributed by atoms with Crippen LogP contribution in [0.3, 0.4) is 0 Å². The molecule has 0 fully saturated rings. The summed E-state index contributed by atoms with van der Waals surface area (Å²) in [5.74, 6) is 0.383. The maximum Gasteiger partial charge on any atom is 0.246 e. The Morgan fingerprint density at radius 1 is 1.39 bits per heavy atom. The van der Waals surface area contributed by atoms with Crippen LogP contribution in [0.4, 0.5) is 0 Å². The maximum absolute atomic E-state index is 12.1.